The van der Waals surface area contributed by atoms with Gasteiger partial charge in [-0.1, -0.05) is 22.4 Å². The Labute approximate surface area is 227 Å². The molecule has 0 spiro atoms. The minimum absolute atomic E-state index is 0.0306. The molecule has 1 aliphatic heterocycles. The van der Waals surface area contributed by atoms with Crippen molar-refractivity contribution in [2.45, 2.75) is 31.7 Å². The highest BCUT2D eigenvalue weighted by Crippen LogP contribution is 2.47. The Morgan fingerprint density at radius 2 is 1.84 bits per heavy atom. The number of hydrogen-bond donors (Lipinski definition) is 1. The van der Waals surface area contributed by atoms with Gasteiger partial charge in [-0.3, -0.25) is 29.9 Å². The number of esters is 1. The minimum Gasteiger partial charge on any atom is -0.421 e. The van der Waals surface area contributed by atoms with E-state index in [9.17, 15) is 29.3 Å². The molecule has 1 saturated heterocycles. The summed E-state index contributed by atoms with van der Waals surface area (Å²) in [6, 6.07) is 7.11. The minimum atomic E-state index is -0.835. The van der Waals surface area contributed by atoms with E-state index in [2.05, 4.69) is 37.2 Å². The maximum atomic E-state index is 13.4. The van der Waals surface area contributed by atoms with Crippen molar-refractivity contribution in [3.63, 3.8) is 0 Å². The van der Waals surface area contributed by atoms with Gasteiger partial charge in [0.1, 0.15) is 5.57 Å². The third kappa shape index (κ3) is 4.82. The van der Waals surface area contributed by atoms with Gasteiger partial charge in [0, 0.05) is 28.2 Å². The van der Waals surface area contributed by atoms with Crippen molar-refractivity contribution >= 4 is 67.4 Å². The van der Waals surface area contributed by atoms with Crippen molar-refractivity contribution in [2.24, 2.45) is 11.8 Å². The number of nitro groups is 1. The molecule has 2 aromatic rings. The molecule has 10 nitrogen and oxygen atoms in total. The highest BCUT2D eigenvalue weighted by atomic mass is 79.9. The lowest BCUT2D eigenvalue weighted by Crippen LogP contribution is -2.58. The van der Waals surface area contributed by atoms with Gasteiger partial charge in [0.2, 0.25) is 0 Å². The number of imide groups is 2. The highest BCUT2D eigenvalue weighted by Gasteiger charge is 2.49. The van der Waals surface area contributed by atoms with Gasteiger partial charge in [0.25, 0.3) is 17.5 Å². The zero-order valence-corrected chi connectivity index (χ0v) is 22.3. The summed E-state index contributed by atoms with van der Waals surface area (Å²) in [5, 5.41) is 13.2. The summed E-state index contributed by atoms with van der Waals surface area (Å²) in [7, 11) is 0. The van der Waals surface area contributed by atoms with E-state index in [1.165, 1.54) is 30.3 Å². The van der Waals surface area contributed by atoms with E-state index in [0.29, 0.717) is 14.9 Å². The van der Waals surface area contributed by atoms with E-state index in [1.54, 1.807) is 12.1 Å². The summed E-state index contributed by atoms with van der Waals surface area (Å²) in [6.07, 6.45) is 5.02. The number of benzene rings is 2. The molecule has 1 heterocycles. The number of fused-ring (bicyclic) bond motifs is 2. The van der Waals surface area contributed by atoms with Crippen LogP contribution in [0.4, 0.5) is 10.5 Å². The van der Waals surface area contributed by atoms with E-state index in [0.717, 1.165) is 30.6 Å². The summed E-state index contributed by atoms with van der Waals surface area (Å²) in [5.41, 5.74) is -0.126. The number of hydrogen-bond acceptors (Lipinski definition) is 7. The first-order valence-electron chi connectivity index (χ1n) is 11.5. The van der Waals surface area contributed by atoms with Gasteiger partial charge in [0.15, 0.2) is 5.75 Å². The fraction of sp³-hybridized carbons (Fsp3) is 0.280. The SMILES string of the molecule is O=C1NC(=O)N([C@@H]2C[C@H]3CC[C@H]2C3)C(=O)/C1=C\c1cc(Br)cc(Br)c1OC(=O)c1ccc([N+](=O)[O-])cc1. The summed E-state index contributed by atoms with van der Waals surface area (Å²) in [5.74, 6) is -1.58. The molecule has 37 heavy (non-hydrogen) atoms. The second-order valence-electron chi connectivity index (χ2n) is 9.23. The van der Waals surface area contributed by atoms with E-state index in [4.69, 9.17) is 4.74 Å². The van der Waals surface area contributed by atoms with E-state index >= 15 is 0 Å². The Hall–Kier alpha value is -3.38. The molecular formula is C25H19Br2N3O7. The normalized spacial score (nSPS) is 23.9. The van der Waals surface area contributed by atoms with Crippen LogP contribution in [0.1, 0.15) is 41.6 Å². The maximum absolute atomic E-state index is 13.4. The van der Waals surface area contributed by atoms with Crippen LogP contribution < -0.4 is 10.1 Å². The van der Waals surface area contributed by atoms with E-state index in [1.807, 2.05) is 0 Å². The molecule has 4 amide bonds. The number of ether oxygens (including phenoxy) is 1. The summed E-state index contributed by atoms with van der Waals surface area (Å²) in [4.78, 5) is 63.0. The molecule has 5 rings (SSSR count). The number of amides is 4. The number of halogens is 2. The molecule has 0 aromatic heterocycles. The van der Waals surface area contributed by atoms with Crippen molar-refractivity contribution in [3.05, 3.63) is 72.2 Å². The number of rotatable bonds is 5. The lowest BCUT2D eigenvalue weighted by Gasteiger charge is -2.35. The predicted molar refractivity (Wildman–Crippen MR) is 137 cm³/mol. The van der Waals surface area contributed by atoms with Crippen molar-refractivity contribution in [1.29, 1.82) is 0 Å². The summed E-state index contributed by atoms with van der Waals surface area (Å²) >= 11 is 6.70. The fourth-order valence-corrected chi connectivity index (χ4v) is 6.66. The topological polar surface area (TPSA) is 136 Å². The van der Waals surface area contributed by atoms with Crippen molar-refractivity contribution in [1.82, 2.24) is 10.2 Å². The zero-order chi connectivity index (χ0) is 26.4. The number of nitro benzene ring substituents is 1. The number of nitrogens with one attached hydrogen (secondary N) is 1. The van der Waals surface area contributed by atoms with Crippen LogP contribution in [0.2, 0.25) is 0 Å². The monoisotopic (exact) mass is 631 g/mol. The fourth-order valence-electron chi connectivity index (χ4n) is 5.32. The molecule has 0 unspecified atom stereocenters. The van der Waals surface area contributed by atoms with Gasteiger partial charge in [-0.05, 0) is 77.4 Å². The van der Waals surface area contributed by atoms with Crippen LogP contribution in [-0.2, 0) is 9.59 Å². The summed E-state index contributed by atoms with van der Waals surface area (Å²) in [6.45, 7) is 0. The average Bonchev–Trinajstić information content (AvgIpc) is 3.47. The Morgan fingerprint density at radius 1 is 1.11 bits per heavy atom. The molecule has 3 fully saturated rings. The molecule has 2 bridgehead atoms. The van der Waals surface area contributed by atoms with Crippen LogP contribution in [0.25, 0.3) is 6.08 Å². The van der Waals surface area contributed by atoms with Crippen LogP contribution in [-0.4, -0.2) is 39.7 Å². The molecule has 0 radical (unpaired) electrons. The second kappa shape index (κ2) is 9.82. The van der Waals surface area contributed by atoms with Gasteiger partial charge in [0.05, 0.1) is 15.0 Å². The smallest absolute Gasteiger partial charge is 0.343 e. The van der Waals surface area contributed by atoms with Crippen LogP contribution in [0, 0.1) is 22.0 Å². The molecule has 3 atom stereocenters. The molecule has 190 valence electrons. The maximum Gasteiger partial charge on any atom is 0.343 e. The van der Waals surface area contributed by atoms with Crippen molar-refractivity contribution in [2.75, 3.05) is 0 Å². The molecule has 2 aromatic carbocycles. The van der Waals surface area contributed by atoms with Crippen LogP contribution >= 0.6 is 31.9 Å². The Morgan fingerprint density at radius 3 is 2.46 bits per heavy atom. The third-order valence-corrected chi connectivity index (χ3v) is 8.06. The number of urea groups is 1. The van der Waals surface area contributed by atoms with Gasteiger partial charge in [-0.25, -0.2) is 9.59 Å². The second-order valence-corrected chi connectivity index (χ2v) is 11.0. The Bertz CT molecular complexity index is 1390. The number of carbonyl (C=O) groups excluding carboxylic acids is 4. The standard InChI is InChI=1S/C25H19Br2N3O7/c26-16-9-15(21(19(27)11-16)37-24(33)13-3-5-17(6-4-13)30(35)36)10-18-22(31)28-25(34)29(23(18)32)20-8-12-1-2-14(20)7-12/h3-6,9-12,14,20H,1-2,7-8H2,(H,28,31,34)/b18-10-/t12-,14-,20+/m0/s1. The van der Waals surface area contributed by atoms with Gasteiger partial charge >= 0.3 is 12.0 Å². The molecule has 1 N–H and O–H groups in total. The third-order valence-electron chi connectivity index (χ3n) is 7.01. The van der Waals surface area contributed by atoms with Crippen LogP contribution in [0.15, 0.2) is 50.9 Å². The summed E-state index contributed by atoms with van der Waals surface area (Å²) < 4.78 is 6.50. The van der Waals surface area contributed by atoms with E-state index in [-0.39, 0.29) is 40.1 Å². The predicted octanol–water partition coefficient (Wildman–Crippen LogP) is 4.99. The highest BCUT2D eigenvalue weighted by molar-refractivity contribution is 9.11. The van der Waals surface area contributed by atoms with Crippen molar-refractivity contribution in [3.8, 4) is 5.75 Å². The Balaban J connectivity index is 1.47. The molecule has 2 aliphatic carbocycles. The molecule has 3 aliphatic rings. The average molecular weight is 633 g/mol. The molecule has 2 saturated carbocycles. The molecular weight excluding hydrogens is 614 g/mol. The number of nitrogens with zero attached hydrogens (tertiary/aromatic N) is 2. The number of non-ortho nitro benzene ring substituents is 1. The number of carbonyl (C=O) groups is 4. The van der Waals surface area contributed by atoms with E-state index < -0.39 is 28.7 Å². The molecule has 12 heteroatoms. The van der Waals surface area contributed by atoms with Crippen LogP contribution in [0.3, 0.4) is 0 Å². The lowest BCUT2D eigenvalue weighted by atomic mass is 9.93. The van der Waals surface area contributed by atoms with Gasteiger partial charge < -0.3 is 4.74 Å². The van der Waals surface area contributed by atoms with Crippen molar-refractivity contribution < 1.29 is 28.8 Å². The quantitative estimate of drug-likeness (QED) is 0.122. The zero-order valence-electron chi connectivity index (χ0n) is 19.1. The lowest BCUT2D eigenvalue weighted by molar-refractivity contribution is -0.384. The first-order chi connectivity index (χ1) is 17.6. The van der Waals surface area contributed by atoms with Gasteiger partial charge in [-0.15, -0.1) is 0 Å². The number of barbiturate groups is 1. The largest absolute Gasteiger partial charge is 0.421 e. The van der Waals surface area contributed by atoms with Crippen LogP contribution in [0.5, 0.6) is 5.75 Å². The Kier molecular flexibility index (Phi) is 6.71. The first-order valence-corrected chi connectivity index (χ1v) is 13.1. The van der Waals surface area contributed by atoms with Gasteiger partial charge in [-0.2, -0.15) is 0 Å². The first kappa shape index (κ1) is 25.3.